The number of aryl methyl sites for hydroxylation is 1. The van der Waals surface area contributed by atoms with Gasteiger partial charge >= 0.3 is 0 Å². The molecule has 82 valence electrons. The average Bonchev–Trinajstić information content (AvgIpc) is 2.74. The van der Waals surface area contributed by atoms with Crippen molar-refractivity contribution in [1.29, 1.82) is 0 Å². The number of hydrogen-bond acceptors (Lipinski definition) is 3. The Bertz CT molecular complexity index is 298. The lowest BCUT2D eigenvalue weighted by Gasteiger charge is -2.25. The minimum absolute atomic E-state index is 0.417. The Morgan fingerprint density at radius 3 is 2.73 bits per heavy atom. The zero-order valence-corrected chi connectivity index (χ0v) is 8.93. The fraction of sp³-hybridized carbons (Fsp3) is 0.636. The largest absolute Gasteiger partial charge is 0.337 e. The molecule has 0 aromatic carbocycles. The van der Waals surface area contributed by atoms with Gasteiger partial charge in [0.1, 0.15) is 5.78 Å². The van der Waals surface area contributed by atoms with Crippen molar-refractivity contribution >= 4 is 5.78 Å². The number of nitrogens with zero attached hydrogens (tertiary/aromatic N) is 3. The Morgan fingerprint density at radius 2 is 2.07 bits per heavy atom. The summed E-state index contributed by atoms with van der Waals surface area (Å²) in [6.07, 6.45) is 8.25. The summed E-state index contributed by atoms with van der Waals surface area (Å²) >= 11 is 0. The topological polar surface area (TPSA) is 38.1 Å². The lowest BCUT2D eigenvalue weighted by molar-refractivity contribution is -0.121. The molecule has 0 radical (unpaired) electrons. The molecule has 1 aromatic heterocycles. The summed E-state index contributed by atoms with van der Waals surface area (Å²) in [5.41, 5.74) is 0. The van der Waals surface area contributed by atoms with Crippen molar-refractivity contribution in [2.45, 2.75) is 25.8 Å². The molecule has 0 unspecified atom stereocenters. The van der Waals surface area contributed by atoms with Gasteiger partial charge in [-0.05, 0) is 13.0 Å². The predicted molar refractivity (Wildman–Crippen MR) is 57.5 cm³/mol. The van der Waals surface area contributed by atoms with Crippen molar-refractivity contribution in [3.05, 3.63) is 18.7 Å². The zero-order valence-electron chi connectivity index (χ0n) is 8.93. The molecule has 0 atom stereocenters. The molecule has 2 rings (SSSR count). The van der Waals surface area contributed by atoms with E-state index in [2.05, 4.69) is 14.5 Å². The van der Waals surface area contributed by atoms with E-state index < -0.39 is 0 Å². The minimum atomic E-state index is 0.417. The smallest absolute Gasteiger partial charge is 0.135 e. The van der Waals surface area contributed by atoms with Crippen LogP contribution in [0.25, 0.3) is 0 Å². The van der Waals surface area contributed by atoms with E-state index in [-0.39, 0.29) is 0 Å². The molecular formula is C11H17N3O. The molecule has 4 heteroatoms. The summed E-state index contributed by atoms with van der Waals surface area (Å²) in [5.74, 6) is 0.417. The first-order valence-electron chi connectivity index (χ1n) is 5.54. The molecule has 1 fully saturated rings. The van der Waals surface area contributed by atoms with Gasteiger partial charge in [0.15, 0.2) is 0 Å². The van der Waals surface area contributed by atoms with E-state index in [1.165, 1.54) is 0 Å². The highest BCUT2D eigenvalue weighted by molar-refractivity contribution is 5.79. The first-order chi connectivity index (χ1) is 7.34. The number of ketones is 1. The summed E-state index contributed by atoms with van der Waals surface area (Å²) in [6, 6.07) is 0. The molecule has 2 heterocycles. The predicted octanol–water partition coefficient (Wildman–Crippen LogP) is 0.938. The quantitative estimate of drug-likeness (QED) is 0.737. The molecule has 0 amide bonds. The normalized spacial score (nSPS) is 18.3. The minimum Gasteiger partial charge on any atom is -0.337 e. The van der Waals surface area contributed by atoms with Crippen LogP contribution in [0, 0.1) is 0 Å². The molecule has 1 saturated heterocycles. The molecule has 0 aliphatic carbocycles. The maximum absolute atomic E-state index is 11.0. The van der Waals surface area contributed by atoms with Crippen LogP contribution in [0.4, 0.5) is 0 Å². The van der Waals surface area contributed by atoms with Gasteiger partial charge in [-0.1, -0.05) is 0 Å². The van der Waals surface area contributed by atoms with Crippen molar-refractivity contribution in [1.82, 2.24) is 14.5 Å². The Morgan fingerprint density at radius 1 is 1.27 bits per heavy atom. The van der Waals surface area contributed by atoms with E-state index >= 15 is 0 Å². The van der Waals surface area contributed by atoms with Gasteiger partial charge < -0.3 is 9.47 Å². The first-order valence-corrected chi connectivity index (χ1v) is 5.54. The third kappa shape index (κ3) is 3.16. The molecule has 1 aliphatic rings. The van der Waals surface area contributed by atoms with E-state index in [1.807, 2.05) is 12.5 Å². The van der Waals surface area contributed by atoms with Crippen LogP contribution in [0.15, 0.2) is 18.7 Å². The number of carbonyl (C=O) groups is 1. The van der Waals surface area contributed by atoms with Crippen LogP contribution in [0.3, 0.4) is 0 Å². The zero-order chi connectivity index (χ0) is 10.5. The fourth-order valence-corrected chi connectivity index (χ4v) is 1.92. The SMILES string of the molecule is O=C1CCN(CCCn2ccnc2)CC1. The van der Waals surface area contributed by atoms with E-state index in [4.69, 9.17) is 0 Å². The molecule has 15 heavy (non-hydrogen) atoms. The van der Waals surface area contributed by atoms with Crippen LogP contribution in [0.5, 0.6) is 0 Å². The van der Waals surface area contributed by atoms with E-state index in [0.29, 0.717) is 5.78 Å². The number of likely N-dealkylation sites (tertiary alicyclic amines) is 1. The third-order valence-corrected chi connectivity index (χ3v) is 2.86. The molecule has 0 spiro atoms. The maximum atomic E-state index is 11.0. The highest BCUT2D eigenvalue weighted by Gasteiger charge is 2.14. The number of carbonyl (C=O) groups excluding carboxylic acids is 1. The molecule has 1 aliphatic heterocycles. The number of piperidine rings is 1. The summed E-state index contributed by atoms with van der Waals surface area (Å²) < 4.78 is 2.09. The summed E-state index contributed by atoms with van der Waals surface area (Å²) in [6.45, 7) is 4.00. The molecular weight excluding hydrogens is 190 g/mol. The highest BCUT2D eigenvalue weighted by Crippen LogP contribution is 2.06. The molecule has 0 bridgehead atoms. The Hall–Kier alpha value is -1.16. The number of rotatable bonds is 4. The molecule has 0 saturated carbocycles. The van der Waals surface area contributed by atoms with Crippen molar-refractivity contribution in [2.24, 2.45) is 0 Å². The van der Waals surface area contributed by atoms with Crippen molar-refractivity contribution in [3.8, 4) is 0 Å². The van der Waals surface area contributed by atoms with Gasteiger partial charge in [-0.2, -0.15) is 0 Å². The second kappa shape index (κ2) is 5.07. The van der Waals surface area contributed by atoms with E-state index in [1.54, 1.807) is 6.20 Å². The van der Waals surface area contributed by atoms with Gasteiger partial charge in [0.2, 0.25) is 0 Å². The van der Waals surface area contributed by atoms with Crippen LogP contribution < -0.4 is 0 Å². The first kappa shape index (κ1) is 10.4. The standard InChI is InChI=1S/C11H17N3O/c15-11-2-7-13(8-3-11)5-1-6-14-9-4-12-10-14/h4,9-10H,1-3,5-8H2. The second-order valence-electron chi connectivity index (χ2n) is 4.03. The van der Waals surface area contributed by atoms with Crippen LogP contribution in [0.1, 0.15) is 19.3 Å². The second-order valence-corrected chi connectivity index (χ2v) is 4.03. The lowest BCUT2D eigenvalue weighted by atomic mass is 10.1. The number of aromatic nitrogens is 2. The van der Waals surface area contributed by atoms with Crippen molar-refractivity contribution in [3.63, 3.8) is 0 Å². The monoisotopic (exact) mass is 207 g/mol. The molecule has 4 nitrogen and oxygen atoms in total. The van der Waals surface area contributed by atoms with Gasteiger partial charge in [-0.25, -0.2) is 4.98 Å². The van der Waals surface area contributed by atoms with Crippen LogP contribution in [0.2, 0.25) is 0 Å². The van der Waals surface area contributed by atoms with E-state index in [9.17, 15) is 4.79 Å². The number of Topliss-reactive ketones (excluding diaryl/α,β-unsaturated/α-hetero) is 1. The van der Waals surface area contributed by atoms with Crippen LogP contribution in [-0.4, -0.2) is 39.9 Å². The van der Waals surface area contributed by atoms with Gasteiger partial charge in [0, 0.05) is 44.9 Å². The summed E-state index contributed by atoms with van der Waals surface area (Å²) in [5, 5.41) is 0. The third-order valence-electron chi connectivity index (χ3n) is 2.86. The lowest BCUT2D eigenvalue weighted by Crippen LogP contribution is -2.34. The van der Waals surface area contributed by atoms with Crippen LogP contribution >= 0.6 is 0 Å². The number of hydrogen-bond donors (Lipinski definition) is 0. The van der Waals surface area contributed by atoms with Crippen LogP contribution in [-0.2, 0) is 11.3 Å². The van der Waals surface area contributed by atoms with Crippen molar-refractivity contribution in [2.75, 3.05) is 19.6 Å². The Balaban J connectivity index is 1.64. The Labute approximate surface area is 89.9 Å². The van der Waals surface area contributed by atoms with Gasteiger partial charge in [0.05, 0.1) is 6.33 Å². The summed E-state index contributed by atoms with van der Waals surface area (Å²) in [7, 11) is 0. The highest BCUT2D eigenvalue weighted by atomic mass is 16.1. The van der Waals surface area contributed by atoms with Gasteiger partial charge in [0.25, 0.3) is 0 Å². The average molecular weight is 207 g/mol. The number of imidazole rings is 1. The fourth-order valence-electron chi connectivity index (χ4n) is 1.92. The molecule has 0 N–H and O–H groups in total. The van der Waals surface area contributed by atoms with Gasteiger partial charge in [-0.15, -0.1) is 0 Å². The summed E-state index contributed by atoms with van der Waals surface area (Å²) in [4.78, 5) is 17.4. The Kier molecular flexibility index (Phi) is 3.50. The van der Waals surface area contributed by atoms with Gasteiger partial charge in [-0.3, -0.25) is 4.79 Å². The maximum Gasteiger partial charge on any atom is 0.135 e. The van der Waals surface area contributed by atoms with E-state index in [0.717, 1.165) is 45.4 Å². The molecule has 1 aromatic rings. The van der Waals surface area contributed by atoms with Crippen molar-refractivity contribution < 1.29 is 4.79 Å².